The molecule has 0 aliphatic carbocycles. The summed E-state index contributed by atoms with van der Waals surface area (Å²) >= 11 is 0. The van der Waals surface area contributed by atoms with Crippen LogP contribution in [0.5, 0.6) is 0 Å². The lowest BCUT2D eigenvalue weighted by Gasteiger charge is -2.14. The molecule has 2 unspecified atom stereocenters. The number of amides is 1. The predicted octanol–water partition coefficient (Wildman–Crippen LogP) is 1.39. The number of fused-ring (bicyclic) bond motifs is 1. The summed E-state index contributed by atoms with van der Waals surface area (Å²) in [6, 6.07) is 9.56. The average molecular weight is 344 g/mol. The van der Waals surface area contributed by atoms with E-state index in [9.17, 15) is 9.90 Å². The number of benzene rings is 1. The Hall–Kier alpha value is -1.40. The number of hydrogen-bond acceptors (Lipinski definition) is 4. The van der Waals surface area contributed by atoms with Gasteiger partial charge >= 0.3 is 0 Å². The van der Waals surface area contributed by atoms with Crippen molar-refractivity contribution in [2.45, 2.75) is 6.10 Å². The Bertz CT molecular complexity index is 634. The first-order chi connectivity index (χ1) is 9.75. The first-order valence-electron chi connectivity index (χ1n) is 6.76. The fraction of sp³-hybridized carbons (Fsp3) is 0.333. The number of nitrogens with zero attached hydrogens (tertiary/aromatic N) is 1. The third-order valence-corrected chi connectivity index (χ3v) is 3.72. The molecule has 2 heterocycles. The van der Waals surface area contributed by atoms with E-state index in [4.69, 9.17) is 0 Å². The summed E-state index contributed by atoms with van der Waals surface area (Å²) < 4.78 is 0. The third kappa shape index (κ3) is 3.87. The van der Waals surface area contributed by atoms with Gasteiger partial charge in [-0.2, -0.15) is 0 Å². The van der Waals surface area contributed by atoms with Crippen molar-refractivity contribution in [1.82, 2.24) is 15.6 Å². The van der Waals surface area contributed by atoms with Gasteiger partial charge in [0.2, 0.25) is 0 Å². The summed E-state index contributed by atoms with van der Waals surface area (Å²) in [5.74, 6) is -0.130. The van der Waals surface area contributed by atoms with Crippen LogP contribution < -0.4 is 10.6 Å². The molecule has 5 nitrogen and oxygen atoms in total. The number of aliphatic hydroxyl groups is 1. The van der Waals surface area contributed by atoms with E-state index in [-0.39, 0.29) is 36.6 Å². The highest BCUT2D eigenvalue weighted by atomic mass is 35.5. The number of rotatable bonds is 3. The van der Waals surface area contributed by atoms with Gasteiger partial charge in [-0.1, -0.05) is 24.3 Å². The second-order valence-corrected chi connectivity index (χ2v) is 5.08. The SMILES string of the molecule is Cl.Cl.O=C(NCC1CNCC1O)c1nccc2ccccc12. The van der Waals surface area contributed by atoms with E-state index in [1.165, 1.54) is 0 Å². The Labute approximate surface area is 141 Å². The summed E-state index contributed by atoms with van der Waals surface area (Å²) in [7, 11) is 0. The van der Waals surface area contributed by atoms with Crippen LogP contribution in [0.1, 0.15) is 10.5 Å². The minimum absolute atomic E-state index is 0. The normalized spacial score (nSPS) is 20.0. The van der Waals surface area contributed by atoms with Gasteiger partial charge in [-0.15, -0.1) is 24.8 Å². The highest BCUT2D eigenvalue weighted by Crippen LogP contribution is 2.16. The van der Waals surface area contributed by atoms with Crippen molar-refractivity contribution in [3.05, 3.63) is 42.2 Å². The fourth-order valence-electron chi connectivity index (χ4n) is 2.54. The van der Waals surface area contributed by atoms with Gasteiger partial charge in [0.15, 0.2) is 0 Å². The quantitative estimate of drug-likeness (QED) is 0.787. The minimum Gasteiger partial charge on any atom is -0.391 e. The van der Waals surface area contributed by atoms with E-state index >= 15 is 0 Å². The van der Waals surface area contributed by atoms with Crippen LogP contribution in [0.25, 0.3) is 10.8 Å². The van der Waals surface area contributed by atoms with E-state index in [0.717, 1.165) is 17.3 Å². The van der Waals surface area contributed by atoms with Gasteiger partial charge in [0.05, 0.1) is 6.10 Å². The lowest BCUT2D eigenvalue weighted by atomic mass is 10.1. The summed E-state index contributed by atoms with van der Waals surface area (Å²) in [6.45, 7) is 1.77. The van der Waals surface area contributed by atoms with Crippen LogP contribution in [0.15, 0.2) is 36.5 Å². The summed E-state index contributed by atoms with van der Waals surface area (Å²) in [4.78, 5) is 16.4. The first kappa shape index (κ1) is 18.6. The molecule has 120 valence electrons. The molecular weight excluding hydrogens is 325 g/mol. The molecule has 3 rings (SSSR count). The molecule has 0 bridgehead atoms. The van der Waals surface area contributed by atoms with Crippen molar-refractivity contribution in [3.63, 3.8) is 0 Å². The molecule has 1 fully saturated rings. The van der Waals surface area contributed by atoms with Gasteiger partial charge in [0, 0.05) is 37.1 Å². The Kier molecular flexibility index (Phi) is 7.03. The van der Waals surface area contributed by atoms with E-state index in [1.54, 1.807) is 6.20 Å². The van der Waals surface area contributed by atoms with Gasteiger partial charge in [-0.3, -0.25) is 9.78 Å². The molecule has 0 radical (unpaired) electrons. The van der Waals surface area contributed by atoms with Crippen molar-refractivity contribution in [2.75, 3.05) is 19.6 Å². The predicted molar refractivity (Wildman–Crippen MR) is 90.9 cm³/mol. The van der Waals surface area contributed by atoms with E-state index in [2.05, 4.69) is 15.6 Å². The molecule has 7 heteroatoms. The maximum atomic E-state index is 12.2. The summed E-state index contributed by atoms with van der Waals surface area (Å²) in [5, 5.41) is 17.5. The molecule has 1 aromatic carbocycles. The third-order valence-electron chi connectivity index (χ3n) is 3.72. The number of aliphatic hydroxyl groups excluding tert-OH is 1. The number of aromatic nitrogens is 1. The number of β-amino-alcohol motifs (C(OH)–C–C–N with tert-alkyl or cyclic N) is 1. The maximum Gasteiger partial charge on any atom is 0.270 e. The molecule has 1 aromatic heterocycles. The molecule has 2 atom stereocenters. The minimum atomic E-state index is -0.393. The molecule has 1 aliphatic rings. The van der Waals surface area contributed by atoms with Crippen LogP contribution in [-0.4, -0.2) is 41.7 Å². The zero-order valence-electron chi connectivity index (χ0n) is 11.9. The smallest absolute Gasteiger partial charge is 0.270 e. The number of nitrogens with one attached hydrogen (secondary N) is 2. The molecule has 0 spiro atoms. The lowest BCUT2D eigenvalue weighted by Crippen LogP contribution is -2.34. The van der Waals surface area contributed by atoms with Crippen molar-refractivity contribution < 1.29 is 9.90 Å². The van der Waals surface area contributed by atoms with E-state index in [0.29, 0.717) is 18.8 Å². The number of pyridine rings is 1. The molecule has 22 heavy (non-hydrogen) atoms. The van der Waals surface area contributed by atoms with Gasteiger partial charge in [-0.25, -0.2) is 0 Å². The standard InChI is InChI=1S/C15H17N3O2.2ClH/c19-13-9-16-7-11(13)8-18-15(20)14-12-4-2-1-3-10(12)5-6-17-14;;/h1-6,11,13,16,19H,7-9H2,(H,18,20);2*1H. The Morgan fingerprint density at radius 2 is 2.05 bits per heavy atom. The van der Waals surface area contributed by atoms with Crippen molar-refractivity contribution >= 4 is 41.5 Å². The number of carbonyl (C=O) groups is 1. The maximum absolute atomic E-state index is 12.2. The van der Waals surface area contributed by atoms with E-state index in [1.807, 2.05) is 30.3 Å². The monoisotopic (exact) mass is 343 g/mol. The van der Waals surface area contributed by atoms with Gasteiger partial charge in [-0.05, 0) is 11.5 Å². The molecular formula is C15H19Cl2N3O2. The van der Waals surface area contributed by atoms with Gasteiger partial charge < -0.3 is 15.7 Å². The Morgan fingerprint density at radius 1 is 1.27 bits per heavy atom. The van der Waals surface area contributed by atoms with E-state index < -0.39 is 6.10 Å². The largest absolute Gasteiger partial charge is 0.391 e. The molecule has 0 saturated carbocycles. The van der Waals surface area contributed by atoms with Gasteiger partial charge in [0.25, 0.3) is 5.91 Å². The molecule has 1 saturated heterocycles. The van der Waals surface area contributed by atoms with Crippen molar-refractivity contribution in [2.24, 2.45) is 5.92 Å². The number of hydrogen-bond donors (Lipinski definition) is 3. The van der Waals surface area contributed by atoms with Crippen LogP contribution >= 0.6 is 24.8 Å². The summed E-state index contributed by atoms with van der Waals surface area (Å²) in [6.07, 6.45) is 1.25. The van der Waals surface area contributed by atoms with Crippen molar-refractivity contribution in [1.29, 1.82) is 0 Å². The second-order valence-electron chi connectivity index (χ2n) is 5.08. The highest BCUT2D eigenvalue weighted by Gasteiger charge is 2.25. The van der Waals surface area contributed by atoms with Crippen molar-refractivity contribution in [3.8, 4) is 0 Å². The van der Waals surface area contributed by atoms with Crippen LogP contribution in [0.2, 0.25) is 0 Å². The molecule has 1 amide bonds. The summed E-state index contributed by atoms with van der Waals surface area (Å²) in [5.41, 5.74) is 0.434. The van der Waals surface area contributed by atoms with Crippen LogP contribution in [0.4, 0.5) is 0 Å². The molecule has 1 aliphatic heterocycles. The number of halogens is 2. The topological polar surface area (TPSA) is 74.2 Å². The number of carbonyl (C=O) groups excluding carboxylic acids is 1. The zero-order valence-corrected chi connectivity index (χ0v) is 13.5. The Balaban J connectivity index is 0.00000121. The van der Waals surface area contributed by atoms with Crippen LogP contribution in [0, 0.1) is 5.92 Å². The van der Waals surface area contributed by atoms with Crippen LogP contribution in [-0.2, 0) is 0 Å². The molecule has 3 N–H and O–H groups in total. The lowest BCUT2D eigenvalue weighted by molar-refractivity contribution is 0.0924. The molecule has 2 aromatic rings. The Morgan fingerprint density at radius 3 is 2.77 bits per heavy atom. The average Bonchev–Trinajstić information content (AvgIpc) is 2.89. The van der Waals surface area contributed by atoms with Gasteiger partial charge in [0.1, 0.15) is 5.69 Å². The second kappa shape index (κ2) is 8.29. The highest BCUT2D eigenvalue weighted by molar-refractivity contribution is 6.05. The van der Waals surface area contributed by atoms with Crippen LogP contribution in [0.3, 0.4) is 0 Å². The first-order valence-corrected chi connectivity index (χ1v) is 6.76. The zero-order chi connectivity index (χ0) is 13.9. The fourth-order valence-corrected chi connectivity index (χ4v) is 2.54.